The van der Waals surface area contributed by atoms with Gasteiger partial charge in [-0.2, -0.15) is 0 Å². The van der Waals surface area contributed by atoms with Gasteiger partial charge in [0.2, 0.25) is 4.38 Å². The van der Waals surface area contributed by atoms with E-state index in [1.807, 2.05) is 27.0 Å². The zero-order chi connectivity index (χ0) is 7.49. The molecule has 0 aromatic heterocycles. The van der Waals surface area contributed by atoms with Gasteiger partial charge in [0, 0.05) is 0 Å². The van der Waals surface area contributed by atoms with Crippen LogP contribution in [0.15, 0.2) is 0 Å². The molecule has 0 aliphatic carbocycles. The molecule has 9 heavy (non-hydrogen) atoms. The summed E-state index contributed by atoms with van der Waals surface area (Å²) in [4.78, 5) is 0. The first-order valence-electron chi connectivity index (χ1n) is 2.72. The third kappa shape index (κ3) is 6.12. The van der Waals surface area contributed by atoms with Crippen LogP contribution in [0.1, 0.15) is 20.8 Å². The van der Waals surface area contributed by atoms with Crippen molar-refractivity contribution in [2.75, 3.05) is 6.26 Å². The summed E-state index contributed by atoms with van der Waals surface area (Å²) >= 11 is 6.30. The van der Waals surface area contributed by atoms with E-state index < -0.39 is 0 Å². The minimum absolute atomic E-state index is 0.139. The molecule has 1 nitrogen and oxygen atoms in total. The van der Waals surface area contributed by atoms with Crippen LogP contribution >= 0.6 is 24.0 Å². The van der Waals surface area contributed by atoms with Crippen molar-refractivity contribution in [2.45, 2.75) is 26.4 Å². The average molecular weight is 164 g/mol. The lowest BCUT2D eigenvalue weighted by molar-refractivity contribution is 0.127. The highest BCUT2D eigenvalue weighted by Crippen LogP contribution is 2.12. The second kappa shape index (κ2) is 3.42. The Morgan fingerprint density at radius 1 is 1.44 bits per heavy atom. The highest BCUT2D eigenvalue weighted by molar-refractivity contribution is 8.22. The van der Waals surface area contributed by atoms with Crippen molar-refractivity contribution in [3.8, 4) is 0 Å². The van der Waals surface area contributed by atoms with Gasteiger partial charge in [-0.1, -0.05) is 11.8 Å². The van der Waals surface area contributed by atoms with Gasteiger partial charge >= 0.3 is 0 Å². The lowest BCUT2D eigenvalue weighted by Crippen LogP contribution is -2.20. The van der Waals surface area contributed by atoms with Crippen LogP contribution < -0.4 is 0 Å². The van der Waals surface area contributed by atoms with E-state index in [4.69, 9.17) is 17.0 Å². The molecule has 0 aromatic carbocycles. The summed E-state index contributed by atoms with van der Waals surface area (Å²) < 4.78 is 5.89. The van der Waals surface area contributed by atoms with Crippen LogP contribution in [0.4, 0.5) is 0 Å². The maximum atomic E-state index is 5.28. The molecule has 0 radical (unpaired) electrons. The summed E-state index contributed by atoms with van der Waals surface area (Å²) in [5.41, 5.74) is -0.139. The smallest absolute Gasteiger partial charge is 0.220 e. The Bertz CT molecular complexity index is 104. The van der Waals surface area contributed by atoms with E-state index in [0.717, 1.165) is 0 Å². The number of hydrogen-bond donors (Lipinski definition) is 0. The van der Waals surface area contributed by atoms with Crippen LogP contribution in [0.3, 0.4) is 0 Å². The van der Waals surface area contributed by atoms with Gasteiger partial charge in [0.25, 0.3) is 0 Å². The van der Waals surface area contributed by atoms with Gasteiger partial charge in [0.1, 0.15) is 5.60 Å². The first kappa shape index (κ1) is 9.24. The van der Waals surface area contributed by atoms with Gasteiger partial charge in [-0.05, 0) is 39.2 Å². The minimum Gasteiger partial charge on any atom is -0.473 e. The molecular weight excluding hydrogens is 152 g/mol. The van der Waals surface area contributed by atoms with E-state index in [1.54, 1.807) is 0 Å². The molecule has 0 atom stereocenters. The molecule has 0 N–H and O–H groups in total. The van der Waals surface area contributed by atoms with E-state index in [0.29, 0.717) is 4.38 Å². The monoisotopic (exact) mass is 164 g/mol. The van der Waals surface area contributed by atoms with Crippen molar-refractivity contribution in [1.82, 2.24) is 0 Å². The number of thiocarbonyl (C=S) groups is 1. The fourth-order valence-corrected chi connectivity index (χ4v) is 0.875. The highest BCUT2D eigenvalue weighted by atomic mass is 32.2. The maximum absolute atomic E-state index is 5.28. The van der Waals surface area contributed by atoms with Gasteiger partial charge in [-0.25, -0.2) is 0 Å². The summed E-state index contributed by atoms with van der Waals surface area (Å²) in [6.07, 6.45) is 1.91. The Morgan fingerprint density at radius 2 is 1.89 bits per heavy atom. The molecule has 0 amide bonds. The fourth-order valence-electron chi connectivity index (χ4n) is 0.292. The molecule has 0 saturated heterocycles. The summed E-state index contributed by atoms with van der Waals surface area (Å²) in [6.45, 7) is 5.94. The first-order valence-corrected chi connectivity index (χ1v) is 4.36. The Morgan fingerprint density at radius 3 is 2.00 bits per heavy atom. The van der Waals surface area contributed by atoms with E-state index in [1.165, 1.54) is 11.8 Å². The van der Waals surface area contributed by atoms with Gasteiger partial charge < -0.3 is 4.74 Å². The lowest BCUT2D eigenvalue weighted by atomic mass is 10.2. The van der Waals surface area contributed by atoms with Crippen LogP contribution in [0, 0.1) is 0 Å². The normalized spacial score (nSPS) is 11.1. The topological polar surface area (TPSA) is 9.23 Å². The molecule has 0 rings (SSSR count). The van der Waals surface area contributed by atoms with Gasteiger partial charge in [0.05, 0.1) is 0 Å². The summed E-state index contributed by atoms with van der Waals surface area (Å²) in [7, 11) is 0. The quantitative estimate of drug-likeness (QED) is 0.509. The van der Waals surface area contributed by atoms with E-state index in [-0.39, 0.29) is 5.60 Å². The zero-order valence-corrected chi connectivity index (χ0v) is 7.86. The number of thioether (sulfide) groups is 1. The molecule has 0 aliphatic rings. The molecule has 0 bridgehead atoms. The predicted molar refractivity (Wildman–Crippen MR) is 47.0 cm³/mol. The minimum atomic E-state index is -0.139. The standard InChI is InChI=1S/C6H12OS2/c1-6(2,3)7-5(8)9-4/h1-4H3. The average Bonchev–Trinajstić information content (AvgIpc) is 1.62. The van der Waals surface area contributed by atoms with Gasteiger partial charge in [-0.3, -0.25) is 0 Å². The Kier molecular flexibility index (Phi) is 3.51. The molecule has 0 aromatic rings. The first-order chi connectivity index (χ1) is 3.95. The Hall–Kier alpha value is 0.240. The number of hydrogen-bond acceptors (Lipinski definition) is 3. The van der Waals surface area contributed by atoms with E-state index >= 15 is 0 Å². The Labute approximate surface area is 66.2 Å². The van der Waals surface area contributed by atoms with Crippen LogP contribution in [-0.4, -0.2) is 16.2 Å². The molecule has 0 spiro atoms. The molecule has 0 unspecified atom stereocenters. The molecule has 0 saturated carbocycles. The fraction of sp³-hybridized carbons (Fsp3) is 0.833. The molecule has 0 fully saturated rings. The second-order valence-corrected chi connectivity index (χ2v) is 4.08. The third-order valence-corrected chi connectivity index (χ3v) is 1.56. The van der Waals surface area contributed by atoms with E-state index in [2.05, 4.69) is 0 Å². The zero-order valence-electron chi connectivity index (χ0n) is 6.22. The number of ether oxygens (including phenoxy) is 1. The molecule has 0 heterocycles. The molecule has 3 heteroatoms. The molecule has 0 aliphatic heterocycles. The molecule has 54 valence electrons. The van der Waals surface area contributed by atoms with Crippen LogP contribution in [0.25, 0.3) is 0 Å². The van der Waals surface area contributed by atoms with Crippen molar-refractivity contribution >= 4 is 28.4 Å². The van der Waals surface area contributed by atoms with E-state index in [9.17, 15) is 0 Å². The summed E-state index contributed by atoms with van der Waals surface area (Å²) in [5.74, 6) is 0. The second-order valence-electron chi connectivity index (χ2n) is 2.67. The summed E-state index contributed by atoms with van der Waals surface area (Å²) in [5, 5.41) is 0. The van der Waals surface area contributed by atoms with Gasteiger partial charge in [0.15, 0.2) is 0 Å². The lowest BCUT2D eigenvalue weighted by Gasteiger charge is -2.19. The largest absolute Gasteiger partial charge is 0.473 e. The third-order valence-electron chi connectivity index (χ3n) is 0.556. The van der Waals surface area contributed by atoms with Crippen molar-refractivity contribution in [2.24, 2.45) is 0 Å². The summed E-state index contributed by atoms with van der Waals surface area (Å²) in [6, 6.07) is 0. The van der Waals surface area contributed by atoms with Crippen molar-refractivity contribution in [3.05, 3.63) is 0 Å². The SMILES string of the molecule is CSC(=S)OC(C)(C)C. The highest BCUT2D eigenvalue weighted by Gasteiger charge is 2.11. The number of rotatable bonds is 0. The van der Waals surface area contributed by atoms with Crippen LogP contribution in [0.5, 0.6) is 0 Å². The van der Waals surface area contributed by atoms with Crippen molar-refractivity contribution in [3.63, 3.8) is 0 Å². The maximum Gasteiger partial charge on any atom is 0.220 e. The van der Waals surface area contributed by atoms with Crippen LogP contribution in [-0.2, 0) is 4.74 Å². The predicted octanol–water partition coefficient (Wildman–Crippen LogP) is 2.45. The Balaban J connectivity index is 3.60. The van der Waals surface area contributed by atoms with Gasteiger partial charge in [-0.15, -0.1) is 0 Å². The molecular formula is C6H12OS2. The van der Waals surface area contributed by atoms with Crippen molar-refractivity contribution in [1.29, 1.82) is 0 Å². The van der Waals surface area contributed by atoms with Crippen LogP contribution in [0.2, 0.25) is 0 Å². The van der Waals surface area contributed by atoms with Crippen molar-refractivity contribution < 1.29 is 4.74 Å².